The van der Waals surface area contributed by atoms with Crippen LogP contribution in [0.1, 0.15) is 0 Å². The Morgan fingerprint density at radius 2 is 1.56 bits per heavy atom. The Morgan fingerprint density at radius 3 is 2.22 bits per heavy atom. The van der Waals surface area contributed by atoms with E-state index in [1.807, 2.05) is 30.3 Å². The predicted octanol–water partition coefficient (Wildman–Crippen LogP) is 3.49. The molecule has 0 aliphatic rings. The molecule has 18 heavy (non-hydrogen) atoms. The second-order valence-electron chi connectivity index (χ2n) is 3.58. The summed E-state index contributed by atoms with van der Waals surface area (Å²) in [7, 11) is 0. The number of halogens is 1. The van der Waals surface area contributed by atoms with Gasteiger partial charge < -0.3 is 5.32 Å². The maximum absolute atomic E-state index is 11.5. The van der Waals surface area contributed by atoms with Gasteiger partial charge in [-0.15, -0.1) is 0 Å². The van der Waals surface area contributed by atoms with E-state index in [2.05, 4.69) is 16.2 Å². The van der Waals surface area contributed by atoms with Crippen LogP contribution in [0.15, 0.2) is 54.6 Å². The lowest BCUT2D eigenvalue weighted by molar-refractivity contribution is 0.254. The van der Waals surface area contributed by atoms with E-state index in [-0.39, 0.29) is 6.03 Å². The zero-order valence-electron chi connectivity index (χ0n) is 9.48. The van der Waals surface area contributed by atoms with Crippen LogP contribution < -0.4 is 16.2 Å². The van der Waals surface area contributed by atoms with E-state index in [0.717, 1.165) is 11.4 Å². The summed E-state index contributed by atoms with van der Waals surface area (Å²) in [5, 5.41) is 3.33. The lowest BCUT2D eigenvalue weighted by Crippen LogP contribution is -2.33. The fourth-order valence-electron chi connectivity index (χ4n) is 1.35. The van der Waals surface area contributed by atoms with E-state index in [9.17, 15) is 4.79 Å². The van der Waals surface area contributed by atoms with E-state index >= 15 is 0 Å². The molecular formula is C13H12ClN3O. The number of carbonyl (C=O) groups excluding carboxylic acids is 1. The van der Waals surface area contributed by atoms with Crippen LogP contribution in [0.5, 0.6) is 0 Å². The summed E-state index contributed by atoms with van der Waals surface area (Å²) in [6, 6.07) is 15.9. The Labute approximate surface area is 110 Å². The monoisotopic (exact) mass is 261 g/mol. The minimum Gasteiger partial charge on any atom is -0.307 e. The number of hydrogen-bond acceptors (Lipinski definition) is 2. The van der Waals surface area contributed by atoms with Crippen LogP contribution in [-0.2, 0) is 0 Å². The first-order chi connectivity index (χ1) is 8.74. The van der Waals surface area contributed by atoms with Crippen molar-refractivity contribution in [1.29, 1.82) is 0 Å². The number of urea groups is 1. The second-order valence-corrected chi connectivity index (χ2v) is 4.01. The molecule has 0 bridgehead atoms. The van der Waals surface area contributed by atoms with E-state index in [1.165, 1.54) is 0 Å². The molecule has 0 aliphatic carbocycles. The summed E-state index contributed by atoms with van der Waals surface area (Å²) in [5.74, 6) is 0. The molecule has 92 valence electrons. The van der Waals surface area contributed by atoms with Crippen molar-refractivity contribution in [3.63, 3.8) is 0 Å². The third-order valence-corrected chi connectivity index (χ3v) is 2.45. The van der Waals surface area contributed by atoms with Crippen molar-refractivity contribution in [1.82, 2.24) is 5.43 Å². The summed E-state index contributed by atoms with van der Waals surface area (Å²) in [4.78, 5) is 11.5. The molecule has 0 radical (unpaired) electrons. The first-order valence-corrected chi connectivity index (χ1v) is 5.75. The van der Waals surface area contributed by atoms with Gasteiger partial charge in [0.2, 0.25) is 0 Å². The average molecular weight is 262 g/mol. The number of para-hydroxylation sites is 1. The molecule has 0 heterocycles. The van der Waals surface area contributed by atoms with Gasteiger partial charge in [-0.3, -0.25) is 10.9 Å². The number of amides is 2. The van der Waals surface area contributed by atoms with Gasteiger partial charge in [0.25, 0.3) is 0 Å². The zero-order valence-corrected chi connectivity index (χ0v) is 10.2. The van der Waals surface area contributed by atoms with Gasteiger partial charge in [0, 0.05) is 10.7 Å². The van der Waals surface area contributed by atoms with Gasteiger partial charge >= 0.3 is 6.03 Å². The molecule has 0 saturated carbocycles. The van der Waals surface area contributed by atoms with Gasteiger partial charge in [-0.1, -0.05) is 29.8 Å². The third kappa shape index (κ3) is 3.68. The number of rotatable bonds is 3. The lowest BCUT2D eigenvalue weighted by atomic mass is 10.3. The summed E-state index contributed by atoms with van der Waals surface area (Å²) in [6.07, 6.45) is 0. The number of nitrogens with one attached hydrogen (secondary N) is 3. The number of benzene rings is 2. The smallest absolute Gasteiger partial charge is 0.307 e. The number of carbonyl (C=O) groups is 1. The van der Waals surface area contributed by atoms with Crippen LogP contribution in [0.25, 0.3) is 0 Å². The van der Waals surface area contributed by atoms with Gasteiger partial charge in [0.05, 0.1) is 5.69 Å². The molecule has 0 aliphatic heterocycles. The molecule has 0 atom stereocenters. The van der Waals surface area contributed by atoms with Gasteiger partial charge in [-0.05, 0) is 36.4 Å². The Hall–Kier alpha value is -2.20. The molecule has 5 heteroatoms. The Balaban J connectivity index is 1.83. The maximum atomic E-state index is 11.5. The van der Waals surface area contributed by atoms with Crippen LogP contribution in [0, 0.1) is 0 Å². The molecule has 2 amide bonds. The number of hydrazine groups is 1. The fourth-order valence-corrected chi connectivity index (χ4v) is 1.47. The topological polar surface area (TPSA) is 53.2 Å². The molecule has 0 fully saturated rings. The minimum absolute atomic E-state index is 0.337. The predicted molar refractivity (Wildman–Crippen MR) is 73.7 cm³/mol. The molecule has 2 rings (SSSR count). The van der Waals surface area contributed by atoms with Crippen LogP contribution in [0.4, 0.5) is 16.2 Å². The number of hydrogen-bond donors (Lipinski definition) is 3. The highest BCUT2D eigenvalue weighted by Gasteiger charge is 1.99. The van der Waals surface area contributed by atoms with Gasteiger partial charge in [-0.25, -0.2) is 4.79 Å². The van der Waals surface area contributed by atoms with Crippen LogP contribution in [-0.4, -0.2) is 6.03 Å². The molecule has 4 nitrogen and oxygen atoms in total. The molecule has 0 saturated heterocycles. The molecule has 0 spiro atoms. The van der Waals surface area contributed by atoms with E-state index in [1.54, 1.807) is 24.3 Å². The summed E-state index contributed by atoms with van der Waals surface area (Å²) in [5.41, 5.74) is 6.78. The molecule has 3 N–H and O–H groups in total. The highest BCUT2D eigenvalue weighted by Crippen LogP contribution is 2.12. The number of anilines is 2. The van der Waals surface area contributed by atoms with Crippen LogP contribution in [0.3, 0.4) is 0 Å². The van der Waals surface area contributed by atoms with Crippen molar-refractivity contribution < 1.29 is 4.79 Å². The summed E-state index contributed by atoms with van der Waals surface area (Å²) >= 11 is 5.75. The molecule has 2 aromatic rings. The van der Waals surface area contributed by atoms with Crippen molar-refractivity contribution in [2.75, 3.05) is 10.7 Å². The molecular weight excluding hydrogens is 250 g/mol. The quantitative estimate of drug-likeness (QED) is 0.741. The first kappa shape index (κ1) is 12.3. The molecule has 0 aromatic heterocycles. The Morgan fingerprint density at radius 1 is 0.889 bits per heavy atom. The standard InChI is InChI=1S/C13H12ClN3O/c14-10-6-8-12(9-7-10)16-17-13(18)15-11-4-2-1-3-5-11/h1-9,16H,(H2,15,17,18). The SMILES string of the molecule is O=C(NNc1ccc(Cl)cc1)Nc1ccccc1. The maximum Gasteiger partial charge on any atom is 0.337 e. The lowest BCUT2D eigenvalue weighted by Gasteiger charge is -2.09. The first-order valence-electron chi connectivity index (χ1n) is 5.38. The highest BCUT2D eigenvalue weighted by molar-refractivity contribution is 6.30. The zero-order chi connectivity index (χ0) is 12.8. The van der Waals surface area contributed by atoms with E-state index in [4.69, 9.17) is 11.6 Å². The van der Waals surface area contributed by atoms with Gasteiger partial charge in [-0.2, -0.15) is 0 Å². The highest BCUT2D eigenvalue weighted by atomic mass is 35.5. The third-order valence-electron chi connectivity index (χ3n) is 2.20. The van der Waals surface area contributed by atoms with Crippen molar-refractivity contribution in [2.45, 2.75) is 0 Å². The fraction of sp³-hybridized carbons (Fsp3) is 0. The van der Waals surface area contributed by atoms with Gasteiger partial charge in [0.15, 0.2) is 0 Å². The minimum atomic E-state index is -0.337. The summed E-state index contributed by atoms with van der Waals surface area (Å²) in [6.45, 7) is 0. The van der Waals surface area contributed by atoms with Crippen molar-refractivity contribution in [3.05, 3.63) is 59.6 Å². The summed E-state index contributed by atoms with van der Waals surface area (Å²) < 4.78 is 0. The van der Waals surface area contributed by atoms with Crippen LogP contribution in [0.2, 0.25) is 5.02 Å². The van der Waals surface area contributed by atoms with Gasteiger partial charge in [0.1, 0.15) is 0 Å². The van der Waals surface area contributed by atoms with Crippen molar-refractivity contribution in [2.24, 2.45) is 0 Å². The Kier molecular flexibility index (Phi) is 4.04. The average Bonchev–Trinajstić information content (AvgIpc) is 2.39. The van der Waals surface area contributed by atoms with E-state index < -0.39 is 0 Å². The van der Waals surface area contributed by atoms with Crippen LogP contribution >= 0.6 is 11.6 Å². The molecule has 2 aromatic carbocycles. The van der Waals surface area contributed by atoms with Crippen molar-refractivity contribution >= 4 is 29.0 Å². The molecule has 0 unspecified atom stereocenters. The normalized spacial score (nSPS) is 9.61. The van der Waals surface area contributed by atoms with Crippen molar-refractivity contribution in [3.8, 4) is 0 Å². The Bertz CT molecular complexity index is 514. The second kappa shape index (κ2) is 5.93. The van der Waals surface area contributed by atoms with E-state index in [0.29, 0.717) is 5.02 Å². The largest absolute Gasteiger partial charge is 0.337 e.